The standard InChI is InChI=1S/C16H24N4O4/c1-11-10-19(8-9-20(11)15(22)24-16(2,3)4)13-7-6-12(17-18-13)14(21)23-5/h6-7,11H,8-10H2,1-5H3. The van der Waals surface area contributed by atoms with Crippen LogP contribution in [0.5, 0.6) is 0 Å². The third kappa shape index (κ3) is 4.33. The number of hydrogen-bond donors (Lipinski definition) is 0. The number of methoxy groups -OCH3 is 1. The summed E-state index contributed by atoms with van der Waals surface area (Å²) in [5, 5.41) is 7.96. The first-order chi connectivity index (χ1) is 11.2. The Morgan fingerprint density at radius 2 is 1.92 bits per heavy atom. The Labute approximate surface area is 141 Å². The van der Waals surface area contributed by atoms with Crippen molar-refractivity contribution in [2.45, 2.75) is 39.3 Å². The Morgan fingerprint density at radius 3 is 2.42 bits per heavy atom. The van der Waals surface area contributed by atoms with E-state index in [4.69, 9.17) is 4.74 Å². The molecule has 1 aliphatic rings. The van der Waals surface area contributed by atoms with Gasteiger partial charge in [-0.25, -0.2) is 9.59 Å². The Bertz CT molecular complexity index is 597. The Balaban J connectivity index is 2.00. The molecule has 132 valence electrons. The molecule has 2 heterocycles. The fourth-order valence-electron chi connectivity index (χ4n) is 2.46. The molecule has 1 atom stereocenters. The number of esters is 1. The quantitative estimate of drug-likeness (QED) is 0.760. The highest BCUT2D eigenvalue weighted by atomic mass is 16.6. The van der Waals surface area contributed by atoms with E-state index in [0.29, 0.717) is 25.5 Å². The molecule has 8 nitrogen and oxygen atoms in total. The van der Waals surface area contributed by atoms with Gasteiger partial charge in [0.1, 0.15) is 5.60 Å². The van der Waals surface area contributed by atoms with Crippen LogP contribution in [0.4, 0.5) is 10.6 Å². The third-order valence-electron chi connectivity index (χ3n) is 3.62. The lowest BCUT2D eigenvalue weighted by atomic mass is 10.2. The van der Waals surface area contributed by atoms with Gasteiger partial charge in [-0.15, -0.1) is 10.2 Å². The highest BCUT2D eigenvalue weighted by molar-refractivity contribution is 5.87. The minimum Gasteiger partial charge on any atom is -0.464 e. The Hall–Kier alpha value is -2.38. The lowest BCUT2D eigenvalue weighted by Gasteiger charge is -2.40. The zero-order valence-electron chi connectivity index (χ0n) is 14.8. The normalized spacial score (nSPS) is 18.3. The van der Waals surface area contributed by atoms with Gasteiger partial charge in [0.05, 0.1) is 7.11 Å². The van der Waals surface area contributed by atoms with Crippen molar-refractivity contribution in [1.82, 2.24) is 15.1 Å². The maximum Gasteiger partial charge on any atom is 0.410 e. The van der Waals surface area contributed by atoms with Gasteiger partial charge in [0.15, 0.2) is 11.5 Å². The number of carbonyl (C=O) groups is 2. The summed E-state index contributed by atoms with van der Waals surface area (Å²) in [6, 6.07) is 3.30. The molecule has 1 fully saturated rings. The van der Waals surface area contributed by atoms with E-state index in [9.17, 15) is 9.59 Å². The van der Waals surface area contributed by atoms with Crippen molar-refractivity contribution in [2.75, 3.05) is 31.6 Å². The molecule has 0 spiro atoms. The molecule has 0 aromatic carbocycles. The second-order valence-corrected chi connectivity index (χ2v) is 6.74. The van der Waals surface area contributed by atoms with E-state index >= 15 is 0 Å². The van der Waals surface area contributed by atoms with Crippen molar-refractivity contribution in [3.8, 4) is 0 Å². The second kappa shape index (κ2) is 7.02. The number of hydrogen-bond acceptors (Lipinski definition) is 7. The van der Waals surface area contributed by atoms with E-state index in [0.717, 1.165) is 0 Å². The minimum atomic E-state index is -0.517. The molecule has 0 N–H and O–H groups in total. The van der Waals surface area contributed by atoms with E-state index in [-0.39, 0.29) is 17.8 Å². The van der Waals surface area contributed by atoms with Gasteiger partial charge in [0, 0.05) is 25.7 Å². The lowest BCUT2D eigenvalue weighted by Crippen LogP contribution is -2.55. The molecule has 2 rings (SSSR count). The smallest absolute Gasteiger partial charge is 0.410 e. The van der Waals surface area contributed by atoms with Crippen LogP contribution >= 0.6 is 0 Å². The van der Waals surface area contributed by atoms with Crippen LogP contribution in [-0.2, 0) is 9.47 Å². The van der Waals surface area contributed by atoms with Crippen molar-refractivity contribution in [3.05, 3.63) is 17.8 Å². The zero-order valence-corrected chi connectivity index (χ0v) is 14.8. The molecule has 0 saturated carbocycles. The Morgan fingerprint density at radius 1 is 1.21 bits per heavy atom. The molecule has 0 radical (unpaired) electrons. The molecule has 0 bridgehead atoms. The summed E-state index contributed by atoms with van der Waals surface area (Å²) < 4.78 is 10.0. The van der Waals surface area contributed by atoms with E-state index in [1.165, 1.54) is 7.11 Å². The van der Waals surface area contributed by atoms with Gasteiger partial charge < -0.3 is 19.3 Å². The fourth-order valence-corrected chi connectivity index (χ4v) is 2.46. The number of piperazine rings is 1. The van der Waals surface area contributed by atoms with Crippen molar-refractivity contribution in [1.29, 1.82) is 0 Å². The maximum absolute atomic E-state index is 12.2. The summed E-state index contributed by atoms with van der Waals surface area (Å²) in [4.78, 5) is 27.4. The van der Waals surface area contributed by atoms with Crippen molar-refractivity contribution in [2.24, 2.45) is 0 Å². The molecule has 8 heteroatoms. The van der Waals surface area contributed by atoms with Crippen LogP contribution in [0.25, 0.3) is 0 Å². The molecule has 1 aliphatic heterocycles. The highest BCUT2D eigenvalue weighted by Crippen LogP contribution is 2.19. The molecular weight excluding hydrogens is 312 g/mol. The number of anilines is 1. The van der Waals surface area contributed by atoms with Gasteiger partial charge in [0.25, 0.3) is 0 Å². The van der Waals surface area contributed by atoms with Crippen LogP contribution < -0.4 is 4.90 Å². The third-order valence-corrected chi connectivity index (χ3v) is 3.62. The summed E-state index contributed by atoms with van der Waals surface area (Å²) in [6.45, 7) is 9.29. The molecular formula is C16H24N4O4. The maximum atomic E-state index is 12.2. The average Bonchev–Trinajstić information content (AvgIpc) is 2.52. The number of rotatable bonds is 2. The van der Waals surface area contributed by atoms with Gasteiger partial charge in [-0.05, 0) is 39.8 Å². The number of amides is 1. The van der Waals surface area contributed by atoms with Gasteiger partial charge in [-0.2, -0.15) is 0 Å². The van der Waals surface area contributed by atoms with Crippen molar-refractivity contribution in [3.63, 3.8) is 0 Å². The fraction of sp³-hybridized carbons (Fsp3) is 0.625. The van der Waals surface area contributed by atoms with Crippen LogP contribution in [0, 0.1) is 0 Å². The molecule has 1 aromatic rings. The molecule has 1 unspecified atom stereocenters. The summed E-state index contributed by atoms with van der Waals surface area (Å²) in [6.07, 6.45) is -0.304. The monoisotopic (exact) mass is 336 g/mol. The number of nitrogens with zero attached hydrogens (tertiary/aromatic N) is 4. The number of aromatic nitrogens is 2. The molecule has 1 amide bonds. The van der Waals surface area contributed by atoms with E-state index in [2.05, 4.69) is 14.9 Å². The van der Waals surface area contributed by atoms with E-state index in [1.54, 1.807) is 17.0 Å². The summed E-state index contributed by atoms with van der Waals surface area (Å²) in [5.41, 5.74) is -0.343. The van der Waals surface area contributed by atoms with Gasteiger partial charge in [-0.1, -0.05) is 0 Å². The summed E-state index contributed by atoms with van der Waals surface area (Å²) in [5.74, 6) is 0.149. The van der Waals surface area contributed by atoms with Gasteiger partial charge >= 0.3 is 12.1 Å². The molecule has 24 heavy (non-hydrogen) atoms. The highest BCUT2D eigenvalue weighted by Gasteiger charge is 2.31. The van der Waals surface area contributed by atoms with Crippen molar-refractivity contribution >= 4 is 17.9 Å². The number of carbonyl (C=O) groups excluding carboxylic acids is 2. The Kier molecular flexibility index (Phi) is 5.26. The second-order valence-electron chi connectivity index (χ2n) is 6.74. The van der Waals surface area contributed by atoms with Crippen LogP contribution in [-0.4, -0.2) is 65.5 Å². The molecule has 0 aliphatic carbocycles. The zero-order chi connectivity index (χ0) is 17.9. The first-order valence-electron chi connectivity index (χ1n) is 7.88. The summed E-state index contributed by atoms with van der Waals surface area (Å²) >= 11 is 0. The van der Waals surface area contributed by atoms with Crippen LogP contribution in [0.3, 0.4) is 0 Å². The number of ether oxygens (including phenoxy) is 2. The predicted octanol–water partition coefficient (Wildman–Crippen LogP) is 1.71. The minimum absolute atomic E-state index is 0.0179. The van der Waals surface area contributed by atoms with Crippen LogP contribution in [0.15, 0.2) is 12.1 Å². The van der Waals surface area contributed by atoms with E-state index in [1.807, 2.05) is 32.6 Å². The van der Waals surface area contributed by atoms with Crippen molar-refractivity contribution < 1.29 is 19.1 Å². The predicted molar refractivity (Wildman–Crippen MR) is 88.0 cm³/mol. The first-order valence-corrected chi connectivity index (χ1v) is 7.88. The van der Waals surface area contributed by atoms with Gasteiger partial charge in [0.2, 0.25) is 0 Å². The topological polar surface area (TPSA) is 84.9 Å². The molecule has 1 saturated heterocycles. The first kappa shape index (κ1) is 18.0. The largest absolute Gasteiger partial charge is 0.464 e. The summed E-state index contributed by atoms with van der Waals surface area (Å²) in [7, 11) is 1.30. The van der Waals surface area contributed by atoms with Gasteiger partial charge in [-0.3, -0.25) is 0 Å². The van der Waals surface area contributed by atoms with Crippen LogP contribution in [0.1, 0.15) is 38.2 Å². The average molecular weight is 336 g/mol. The lowest BCUT2D eigenvalue weighted by molar-refractivity contribution is 0.0158. The van der Waals surface area contributed by atoms with Crippen LogP contribution in [0.2, 0.25) is 0 Å². The van der Waals surface area contributed by atoms with E-state index < -0.39 is 11.6 Å². The SMILES string of the molecule is COC(=O)c1ccc(N2CCN(C(=O)OC(C)(C)C)C(C)C2)nn1. The molecule has 1 aromatic heterocycles.